The van der Waals surface area contributed by atoms with Crippen molar-refractivity contribution in [1.82, 2.24) is 4.90 Å². The van der Waals surface area contributed by atoms with E-state index < -0.39 is 11.8 Å². The number of amides is 2. The molecule has 0 saturated heterocycles. The molecule has 0 radical (unpaired) electrons. The number of rotatable bonds is 8. The van der Waals surface area contributed by atoms with Crippen molar-refractivity contribution in [2.24, 2.45) is 0 Å². The van der Waals surface area contributed by atoms with Gasteiger partial charge in [0.25, 0.3) is 5.91 Å². The molecule has 4 aromatic carbocycles. The van der Waals surface area contributed by atoms with E-state index >= 15 is 0 Å². The van der Waals surface area contributed by atoms with Gasteiger partial charge >= 0.3 is 0 Å². The highest BCUT2D eigenvalue weighted by Gasteiger charge is 2.32. The van der Waals surface area contributed by atoms with Gasteiger partial charge in [-0.2, -0.15) is 0 Å². The maximum atomic E-state index is 14.1. The molecular formula is C31H27NO2. The summed E-state index contributed by atoms with van der Waals surface area (Å²) in [6.45, 7) is 3.89. The largest absolute Gasteiger partial charge is 0.277 e. The standard InChI is InChI=1S/C31H27NO2/c1-2-29(33)32(23-28(24-15-7-3-8-16-24)25-17-9-4-10-18-25)31(34)30(26-19-11-5-12-20-26)27-21-13-6-14-22-27/h2-22,28,30H,1,23H2. The zero-order valence-electron chi connectivity index (χ0n) is 19.0. The molecule has 0 fully saturated rings. The van der Waals surface area contributed by atoms with E-state index in [1.54, 1.807) is 0 Å². The Labute approximate surface area is 201 Å². The topological polar surface area (TPSA) is 37.4 Å². The maximum Gasteiger partial charge on any atom is 0.252 e. The Bertz CT molecular complexity index is 1140. The Morgan fingerprint density at radius 3 is 1.32 bits per heavy atom. The molecule has 0 aliphatic carbocycles. The van der Waals surface area contributed by atoms with Gasteiger partial charge in [-0.15, -0.1) is 0 Å². The highest BCUT2D eigenvalue weighted by atomic mass is 16.2. The molecular weight excluding hydrogens is 418 g/mol. The Kier molecular flexibility index (Phi) is 7.46. The molecule has 0 saturated carbocycles. The molecule has 3 nitrogen and oxygen atoms in total. The predicted octanol–water partition coefficient (Wildman–Crippen LogP) is 6.19. The van der Waals surface area contributed by atoms with Gasteiger partial charge in [-0.25, -0.2) is 0 Å². The summed E-state index contributed by atoms with van der Waals surface area (Å²) in [5.74, 6) is -1.43. The third-order valence-corrected chi connectivity index (χ3v) is 5.99. The van der Waals surface area contributed by atoms with Crippen LogP contribution in [0.1, 0.15) is 34.1 Å². The van der Waals surface area contributed by atoms with E-state index in [2.05, 4.69) is 6.58 Å². The molecule has 3 heteroatoms. The normalized spacial score (nSPS) is 10.8. The molecule has 4 rings (SSSR count). The van der Waals surface area contributed by atoms with Gasteiger partial charge in [0.05, 0.1) is 5.92 Å². The minimum atomic E-state index is -0.599. The molecule has 0 atom stereocenters. The average molecular weight is 446 g/mol. The summed E-state index contributed by atoms with van der Waals surface area (Å²) in [6.07, 6.45) is 1.22. The van der Waals surface area contributed by atoms with Gasteiger partial charge in [-0.3, -0.25) is 14.5 Å². The number of carbonyl (C=O) groups is 2. The molecule has 2 amide bonds. The Morgan fingerprint density at radius 2 is 0.971 bits per heavy atom. The van der Waals surface area contributed by atoms with Crippen LogP contribution in [0, 0.1) is 0 Å². The minimum absolute atomic E-state index is 0.164. The van der Waals surface area contributed by atoms with E-state index in [1.807, 2.05) is 121 Å². The van der Waals surface area contributed by atoms with Crippen LogP contribution in [0.25, 0.3) is 0 Å². The third kappa shape index (κ3) is 5.21. The molecule has 0 heterocycles. The third-order valence-electron chi connectivity index (χ3n) is 5.99. The fourth-order valence-corrected chi connectivity index (χ4v) is 4.28. The summed E-state index contributed by atoms with van der Waals surface area (Å²) in [6, 6.07) is 39.2. The van der Waals surface area contributed by atoms with Crippen LogP contribution < -0.4 is 0 Å². The first-order valence-electron chi connectivity index (χ1n) is 11.4. The van der Waals surface area contributed by atoms with Crippen molar-refractivity contribution in [2.45, 2.75) is 11.8 Å². The molecule has 34 heavy (non-hydrogen) atoms. The maximum absolute atomic E-state index is 14.1. The van der Waals surface area contributed by atoms with E-state index in [-0.39, 0.29) is 18.4 Å². The fraction of sp³-hybridized carbons (Fsp3) is 0.0968. The Balaban J connectivity index is 1.77. The zero-order chi connectivity index (χ0) is 23.8. The van der Waals surface area contributed by atoms with Crippen LogP contribution in [-0.4, -0.2) is 23.3 Å². The monoisotopic (exact) mass is 445 g/mol. The first-order valence-corrected chi connectivity index (χ1v) is 11.4. The van der Waals surface area contributed by atoms with Gasteiger partial charge in [0.15, 0.2) is 0 Å². The molecule has 0 spiro atoms. The quantitative estimate of drug-likeness (QED) is 0.303. The fourth-order valence-electron chi connectivity index (χ4n) is 4.28. The zero-order valence-corrected chi connectivity index (χ0v) is 19.0. The number of imide groups is 1. The first-order chi connectivity index (χ1) is 16.7. The number of benzene rings is 4. The highest BCUT2D eigenvalue weighted by Crippen LogP contribution is 2.30. The first kappa shape index (κ1) is 22.9. The molecule has 0 aliphatic heterocycles. The van der Waals surface area contributed by atoms with Gasteiger partial charge < -0.3 is 0 Å². The van der Waals surface area contributed by atoms with Crippen molar-refractivity contribution in [3.8, 4) is 0 Å². The molecule has 0 bridgehead atoms. The van der Waals surface area contributed by atoms with Crippen LogP contribution in [0.3, 0.4) is 0 Å². The Morgan fingerprint density at radius 1 is 0.618 bits per heavy atom. The summed E-state index contributed by atoms with van der Waals surface area (Å²) < 4.78 is 0. The molecule has 0 N–H and O–H groups in total. The summed E-state index contributed by atoms with van der Waals surface area (Å²) in [4.78, 5) is 28.6. The van der Waals surface area contributed by atoms with Crippen molar-refractivity contribution in [1.29, 1.82) is 0 Å². The lowest BCUT2D eigenvalue weighted by molar-refractivity contribution is -0.142. The summed E-state index contributed by atoms with van der Waals surface area (Å²) >= 11 is 0. The van der Waals surface area contributed by atoms with E-state index in [0.29, 0.717) is 0 Å². The molecule has 0 aromatic heterocycles. The van der Waals surface area contributed by atoms with Crippen molar-refractivity contribution >= 4 is 11.8 Å². The molecule has 4 aromatic rings. The number of carbonyl (C=O) groups excluding carboxylic acids is 2. The number of hydrogen-bond acceptors (Lipinski definition) is 2. The van der Waals surface area contributed by atoms with E-state index in [1.165, 1.54) is 11.0 Å². The summed E-state index contributed by atoms with van der Waals surface area (Å²) in [5, 5.41) is 0. The van der Waals surface area contributed by atoms with Gasteiger partial charge in [0, 0.05) is 12.5 Å². The van der Waals surface area contributed by atoms with Crippen molar-refractivity contribution in [3.05, 3.63) is 156 Å². The SMILES string of the molecule is C=CC(=O)N(CC(c1ccccc1)c1ccccc1)C(=O)C(c1ccccc1)c1ccccc1. The molecule has 168 valence electrons. The lowest BCUT2D eigenvalue weighted by Crippen LogP contribution is -2.42. The smallest absolute Gasteiger partial charge is 0.252 e. The van der Waals surface area contributed by atoms with E-state index in [4.69, 9.17) is 0 Å². The molecule has 0 aliphatic rings. The van der Waals surface area contributed by atoms with Crippen LogP contribution in [0.2, 0.25) is 0 Å². The van der Waals surface area contributed by atoms with Crippen molar-refractivity contribution < 1.29 is 9.59 Å². The van der Waals surface area contributed by atoms with Crippen LogP contribution in [0.15, 0.2) is 134 Å². The van der Waals surface area contributed by atoms with Gasteiger partial charge in [-0.1, -0.05) is 128 Å². The lowest BCUT2D eigenvalue weighted by Gasteiger charge is -2.30. The van der Waals surface area contributed by atoms with Crippen LogP contribution in [0.4, 0.5) is 0 Å². The van der Waals surface area contributed by atoms with Gasteiger partial charge in [0.1, 0.15) is 0 Å². The van der Waals surface area contributed by atoms with E-state index in [9.17, 15) is 9.59 Å². The second kappa shape index (κ2) is 11.1. The van der Waals surface area contributed by atoms with E-state index in [0.717, 1.165) is 22.3 Å². The number of nitrogens with zero attached hydrogens (tertiary/aromatic N) is 1. The predicted molar refractivity (Wildman–Crippen MR) is 136 cm³/mol. The average Bonchev–Trinajstić information content (AvgIpc) is 2.91. The highest BCUT2D eigenvalue weighted by molar-refractivity contribution is 6.04. The van der Waals surface area contributed by atoms with Crippen LogP contribution in [0.5, 0.6) is 0 Å². The van der Waals surface area contributed by atoms with Gasteiger partial charge in [-0.05, 0) is 28.3 Å². The second-order valence-electron chi connectivity index (χ2n) is 8.12. The van der Waals surface area contributed by atoms with Crippen molar-refractivity contribution in [3.63, 3.8) is 0 Å². The lowest BCUT2D eigenvalue weighted by atomic mass is 9.87. The Hall–Kier alpha value is -4.24. The summed E-state index contributed by atoms with van der Waals surface area (Å²) in [7, 11) is 0. The minimum Gasteiger partial charge on any atom is -0.277 e. The summed E-state index contributed by atoms with van der Waals surface area (Å²) in [5.41, 5.74) is 3.77. The van der Waals surface area contributed by atoms with Crippen LogP contribution in [-0.2, 0) is 9.59 Å². The van der Waals surface area contributed by atoms with Gasteiger partial charge in [0.2, 0.25) is 5.91 Å². The van der Waals surface area contributed by atoms with Crippen molar-refractivity contribution in [2.75, 3.05) is 6.54 Å². The van der Waals surface area contributed by atoms with Crippen LogP contribution >= 0.6 is 0 Å². The second-order valence-corrected chi connectivity index (χ2v) is 8.12. The molecule has 0 unspecified atom stereocenters. The number of hydrogen-bond donors (Lipinski definition) is 0.